The second-order valence-corrected chi connectivity index (χ2v) is 7.97. The molecule has 1 saturated carbocycles. The van der Waals surface area contributed by atoms with Gasteiger partial charge in [0.25, 0.3) is 0 Å². The Hall–Kier alpha value is -2.61. The fourth-order valence-corrected chi connectivity index (χ4v) is 5.15. The van der Waals surface area contributed by atoms with E-state index in [1.165, 1.54) is 43.1 Å². The molecule has 0 amide bonds. The van der Waals surface area contributed by atoms with Crippen molar-refractivity contribution in [1.82, 2.24) is 0 Å². The number of esters is 1. The van der Waals surface area contributed by atoms with Crippen molar-refractivity contribution < 1.29 is 9.53 Å². The summed E-state index contributed by atoms with van der Waals surface area (Å²) in [5, 5.41) is 2.23. The largest absolute Gasteiger partial charge is 0.465 e. The topological polar surface area (TPSA) is 26.3 Å². The Morgan fingerprint density at radius 1 is 0.963 bits per heavy atom. The Bertz CT molecular complexity index is 1060. The zero-order valence-electron chi connectivity index (χ0n) is 15.9. The molecule has 2 nitrogen and oxygen atoms in total. The molecule has 2 bridgehead atoms. The fourth-order valence-electron chi connectivity index (χ4n) is 5.15. The molecule has 0 spiro atoms. The highest BCUT2D eigenvalue weighted by atomic mass is 16.5. The van der Waals surface area contributed by atoms with Crippen LogP contribution in [0.5, 0.6) is 0 Å². The lowest BCUT2D eigenvalue weighted by Crippen LogP contribution is -2.01. The van der Waals surface area contributed by atoms with Crippen LogP contribution in [0.2, 0.25) is 0 Å². The van der Waals surface area contributed by atoms with Crippen LogP contribution in [0.25, 0.3) is 21.9 Å². The van der Waals surface area contributed by atoms with Crippen molar-refractivity contribution >= 4 is 16.7 Å². The minimum absolute atomic E-state index is 0.289. The van der Waals surface area contributed by atoms with Crippen LogP contribution in [0.4, 0.5) is 0 Å². The minimum atomic E-state index is -0.289. The molecule has 5 rings (SSSR count). The van der Waals surface area contributed by atoms with Gasteiger partial charge in [0.05, 0.1) is 12.7 Å². The highest BCUT2D eigenvalue weighted by molar-refractivity contribution is 5.96. The van der Waals surface area contributed by atoms with Crippen molar-refractivity contribution in [2.75, 3.05) is 7.11 Å². The molecule has 1 fully saturated rings. The molecule has 3 aromatic rings. The summed E-state index contributed by atoms with van der Waals surface area (Å²) in [7, 11) is 1.42. The molecule has 0 N–H and O–H groups in total. The maximum atomic E-state index is 11.8. The molecule has 2 aliphatic rings. The van der Waals surface area contributed by atoms with Crippen LogP contribution in [0.1, 0.15) is 65.1 Å². The second kappa shape index (κ2) is 6.23. The third kappa shape index (κ3) is 2.58. The molecule has 136 valence electrons. The number of benzene rings is 3. The van der Waals surface area contributed by atoms with Crippen LogP contribution >= 0.6 is 0 Å². The first-order chi connectivity index (χ1) is 13.2. The van der Waals surface area contributed by atoms with Gasteiger partial charge in [-0.25, -0.2) is 4.79 Å². The first-order valence-electron chi connectivity index (χ1n) is 9.97. The van der Waals surface area contributed by atoms with Crippen molar-refractivity contribution in [1.29, 1.82) is 0 Å². The molecule has 2 heteroatoms. The lowest BCUT2D eigenvalue weighted by Gasteiger charge is -2.19. The van der Waals surface area contributed by atoms with Gasteiger partial charge >= 0.3 is 5.97 Å². The van der Waals surface area contributed by atoms with Crippen molar-refractivity contribution in [2.24, 2.45) is 0 Å². The van der Waals surface area contributed by atoms with E-state index < -0.39 is 0 Å². The summed E-state index contributed by atoms with van der Waals surface area (Å²) in [6.45, 7) is 2.25. The summed E-state index contributed by atoms with van der Waals surface area (Å²) in [5.41, 5.74) is 7.92. The summed E-state index contributed by atoms with van der Waals surface area (Å²) in [6, 6.07) is 17.3. The zero-order chi connectivity index (χ0) is 18.5. The predicted octanol–water partition coefficient (Wildman–Crippen LogP) is 6.22. The number of carbonyl (C=O) groups is 1. The predicted molar refractivity (Wildman–Crippen MR) is 109 cm³/mol. The molecule has 2 unspecified atom stereocenters. The summed E-state index contributed by atoms with van der Waals surface area (Å²) < 4.78 is 4.84. The molecular formula is C25H24O2. The smallest absolute Gasteiger partial charge is 0.337 e. The normalized spacial score (nSPS) is 20.1. The number of hydrogen-bond acceptors (Lipinski definition) is 2. The van der Waals surface area contributed by atoms with E-state index in [0.29, 0.717) is 5.56 Å². The Morgan fingerprint density at radius 2 is 1.67 bits per heavy atom. The molecule has 0 radical (unpaired) electrons. The molecule has 2 atom stereocenters. The number of ether oxygens (including phenoxy) is 1. The summed E-state index contributed by atoms with van der Waals surface area (Å²) >= 11 is 0. The van der Waals surface area contributed by atoms with Crippen LogP contribution in [-0.4, -0.2) is 13.1 Å². The highest BCUT2D eigenvalue weighted by Crippen LogP contribution is 2.54. The number of hydrogen-bond donors (Lipinski definition) is 0. The van der Waals surface area contributed by atoms with E-state index in [9.17, 15) is 4.79 Å². The third-order valence-corrected chi connectivity index (χ3v) is 6.57. The number of rotatable bonds is 3. The maximum Gasteiger partial charge on any atom is 0.337 e. The first kappa shape index (κ1) is 16.6. The third-order valence-electron chi connectivity index (χ3n) is 6.57. The van der Waals surface area contributed by atoms with Crippen LogP contribution in [-0.2, 0) is 11.2 Å². The molecule has 2 aliphatic carbocycles. The van der Waals surface area contributed by atoms with Crippen LogP contribution < -0.4 is 0 Å². The molecule has 0 heterocycles. The Labute approximate surface area is 160 Å². The van der Waals surface area contributed by atoms with Gasteiger partial charge in [0.2, 0.25) is 0 Å². The van der Waals surface area contributed by atoms with Crippen molar-refractivity contribution in [2.45, 2.75) is 44.4 Å². The number of carbonyl (C=O) groups excluding carboxylic acids is 1. The van der Waals surface area contributed by atoms with Gasteiger partial charge in [-0.15, -0.1) is 0 Å². The van der Waals surface area contributed by atoms with Crippen molar-refractivity contribution in [3.05, 3.63) is 70.8 Å². The average molecular weight is 356 g/mol. The number of methoxy groups -OCH3 is 1. The van der Waals surface area contributed by atoms with E-state index in [1.807, 2.05) is 18.2 Å². The van der Waals surface area contributed by atoms with Gasteiger partial charge in [-0.1, -0.05) is 37.3 Å². The van der Waals surface area contributed by atoms with Crippen LogP contribution in [0.15, 0.2) is 48.5 Å². The first-order valence-corrected chi connectivity index (χ1v) is 9.97. The van der Waals surface area contributed by atoms with E-state index in [2.05, 4.69) is 37.3 Å². The molecule has 27 heavy (non-hydrogen) atoms. The van der Waals surface area contributed by atoms with Gasteiger partial charge < -0.3 is 4.74 Å². The van der Waals surface area contributed by atoms with E-state index in [-0.39, 0.29) is 5.97 Å². The van der Waals surface area contributed by atoms with Crippen LogP contribution in [0, 0.1) is 0 Å². The van der Waals surface area contributed by atoms with Gasteiger partial charge in [-0.05, 0) is 94.3 Å². The van der Waals surface area contributed by atoms with Crippen molar-refractivity contribution in [3.8, 4) is 11.1 Å². The maximum absolute atomic E-state index is 11.8. The van der Waals surface area contributed by atoms with Gasteiger partial charge in [-0.2, -0.15) is 0 Å². The van der Waals surface area contributed by atoms with E-state index in [1.54, 1.807) is 11.1 Å². The van der Waals surface area contributed by atoms with Gasteiger partial charge in [0.15, 0.2) is 0 Å². The Balaban J connectivity index is 1.61. The van der Waals surface area contributed by atoms with Crippen molar-refractivity contribution in [3.63, 3.8) is 0 Å². The minimum Gasteiger partial charge on any atom is -0.465 e. The Morgan fingerprint density at radius 3 is 2.41 bits per heavy atom. The Kier molecular flexibility index (Phi) is 3.82. The summed E-state index contributed by atoms with van der Waals surface area (Å²) in [4.78, 5) is 11.8. The monoisotopic (exact) mass is 356 g/mol. The van der Waals surface area contributed by atoms with E-state index in [4.69, 9.17) is 4.74 Å². The van der Waals surface area contributed by atoms with Gasteiger partial charge in [-0.3, -0.25) is 0 Å². The number of aryl methyl sites for hydroxylation is 1. The standard InChI is InChI=1S/C25H24O2/c1-3-15-13-23-19-7-8-20(12-19)24(23)14-22(15)18-6-4-17-11-21(25(26)27-2)9-5-16(17)10-18/h4-6,9-11,13-14,19-20H,3,7-8,12H2,1-2H3. The second-order valence-electron chi connectivity index (χ2n) is 7.97. The van der Waals surface area contributed by atoms with Gasteiger partial charge in [0, 0.05) is 0 Å². The van der Waals surface area contributed by atoms with Crippen LogP contribution in [0.3, 0.4) is 0 Å². The molecule has 0 aliphatic heterocycles. The SMILES string of the molecule is CCc1cc2c(cc1-c1ccc3cc(C(=O)OC)ccc3c1)C1CCC2C1. The number of fused-ring (bicyclic) bond motifs is 6. The average Bonchev–Trinajstić information content (AvgIpc) is 3.33. The highest BCUT2D eigenvalue weighted by Gasteiger charge is 2.37. The summed E-state index contributed by atoms with van der Waals surface area (Å²) in [6.07, 6.45) is 5.14. The van der Waals surface area contributed by atoms with E-state index in [0.717, 1.165) is 29.0 Å². The molecule has 3 aromatic carbocycles. The quantitative estimate of drug-likeness (QED) is 0.521. The lowest BCUT2D eigenvalue weighted by molar-refractivity contribution is 0.0601. The summed E-state index contributed by atoms with van der Waals surface area (Å²) in [5.74, 6) is 1.29. The lowest BCUT2D eigenvalue weighted by atomic mass is 9.85. The van der Waals surface area contributed by atoms with E-state index >= 15 is 0 Å². The van der Waals surface area contributed by atoms with Gasteiger partial charge in [0.1, 0.15) is 0 Å². The molecule has 0 aromatic heterocycles. The molecular weight excluding hydrogens is 332 g/mol. The molecule has 0 saturated heterocycles. The fraction of sp³-hybridized carbons (Fsp3) is 0.320. The zero-order valence-corrected chi connectivity index (χ0v) is 15.9.